The van der Waals surface area contributed by atoms with Crippen LogP contribution in [-0.4, -0.2) is 51.4 Å². The van der Waals surface area contributed by atoms with Gasteiger partial charge in [0.25, 0.3) is 0 Å². The fourth-order valence-corrected chi connectivity index (χ4v) is 7.56. The van der Waals surface area contributed by atoms with Crippen molar-refractivity contribution in [1.82, 2.24) is 9.62 Å². The van der Waals surface area contributed by atoms with Gasteiger partial charge >= 0.3 is 0 Å². The molecule has 0 spiro atoms. The average molecular weight is 601 g/mol. The molecule has 8 heteroatoms. The van der Waals surface area contributed by atoms with E-state index in [-0.39, 0.29) is 35.0 Å². The molecule has 0 radical (unpaired) electrons. The van der Waals surface area contributed by atoms with E-state index in [0.717, 1.165) is 27.9 Å². The molecule has 1 fully saturated rings. The first-order valence-electron chi connectivity index (χ1n) is 15.2. The Hall–Kier alpha value is -3.67. The lowest BCUT2D eigenvalue weighted by Gasteiger charge is -2.37. The monoisotopic (exact) mass is 600 g/mol. The highest BCUT2D eigenvalue weighted by molar-refractivity contribution is 7.89. The molecule has 3 aromatic carbocycles. The third kappa shape index (κ3) is 7.65. The second-order valence-electron chi connectivity index (χ2n) is 12.3. The minimum Gasteiger partial charge on any atom is -0.368 e. The van der Waals surface area contributed by atoms with E-state index in [4.69, 9.17) is 0 Å². The number of carbonyl (C=O) groups excluding carboxylic acids is 1. The molecular weight excluding hydrogens is 556 g/mol. The zero-order chi connectivity index (χ0) is 31.3. The van der Waals surface area contributed by atoms with Gasteiger partial charge in [-0.25, -0.2) is 8.42 Å². The summed E-state index contributed by atoms with van der Waals surface area (Å²) in [5.74, 6) is -0.0729. The summed E-state index contributed by atoms with van der Waals surface area (Å²) in [7, 11) is -4.10. The summed E-state index contributed by atoms with van der Waals surface area (Å²) in [5, 5.41) is 9.45. The van der Waals surface area contributed by atoms with Crippen molar-refractivity contribution in [3.8, 4) is 6.07 Å². The number of nitrogens with zero attached hydrogens (tertiary/aromatic N) is 3. The van der Waals surface area contributed by atoms with Crippen molar-refractivity contribution >= 4 is 21.6 Å². The van der Waals surface area contributed by atoms with Gasteiger partial charge in [0, 0.05) is 31.9 Å². The van der Waals surface area contributed by atoms with Gasteiger partial charge in [-0.15, -0.1) is 0 Å². The number of nitriles is 1. The van der Waals surface area contributed by atoms with Crippen LogP contribution in [0.5, 0.6) is 0 Å². The summed E-state index contributed by atoms with van der Waals surface area (Å²) < 4.78 is 31.6. The maximum absolute atomic E-state index is 14.4. The second kappa shape index (κ2) is 13.7. The van der Waals surface area contributed by atoms with Gasteiger partial charge in [-0.2, -0.15) is 9.98 Å². The fraction of sp³-hybridized carbons (Fsp3) is 0.429. The molecule has 0 bridgehead atoms. The molecule has 1 unspecified atom stereocenters. The summed E-state index contributed by atoms with van der Waals surface area (Å²) >= 11 is 0. The fourth-order valence-electron chi connectivity index (χ4n) is 5.67. The van der Waals surface area contributed by atoms with E-state index in [2.05, 4.69) is 41.7 Å². The number of sulfonamides is 1. The van der Waals surface area contributed by atoms with Gasteiger partial charge in [0.1, 0.15) is 6.04 Å². The molecule has 228 valence electrons. The zero-order valence-corrected chi connectivity index (χ0v) is 27.0. The third-order valence-corrected chi connectivity index (χ3v) is 9.76. The van der Waals surface area contributed by atoms with Crippen LogP contribution in [-0.2, 0) is 21.2 Å². The Morgan fingerprint density at radius 3 is 1.98 bits per heavy atom. The van der Waals surface area contributed by atoms with Crippen LogP contribution in [0.4, 0.5) is 5.69 Å². The first-order valence-corrected chi connectivity index (χ1v) is 16.7. The molecule has 1 amide bonds. The van der Waals surface area contributed by atoms with E-state index in [1.165, 1.54) is 0 Å². The van der Waals surface area contributed by atoms with Gasteiger partial charge in [0.2, 0.25) is 15.9 Å². The molecule has 7 nitrogen and oxygen atoms in total. The van der Waals surface area contributed by atoms with E-state index < -0.39 is 16.1 Å². The van der Waals surface area contributed by atoms with E-state index >= 15 is 0 Å². The molecular formula is C35H44N4O3S. The second-order valence-corrected chi connectivity index (χ2v) is 14.0. The van der Waals surface area contributed by atoms with Crippen molar-refractivity contribution in [3.05, 3.63) is 94.5 Å². The van der Waals surface area contributed by atoms with Gasteiger partial charge in [-0.3, -0.25) is 4.79 Å². The first kappa shape index (κ1) is 32.2. The predicted octanol–water partition coefficient (Wildman–Crippen LogP) is 6.17. The minimum atomic E-state index is -4.10. The smallest absolute Gasteiger partial charge is 0.241 e. The largest absolute Gasteiger partial charge is 0.368 e. The first-order chi connectivity index (χ1) is 20.4. The van der Waals surface area contributed by atoms with Gasteiger partial charge in [0.15, 0.2) is 0 Å². The molecule has 0 aliphatic carbocycles. The molecule has 1 heterocycles. The number of benzene rings is 3. The molecule has 0 saturated carbocycles. The molecule has 1 atom stereocenters. The van der Waals surface area contributed by atoms with E-state index in [9.17, 15) is 18.5 Å². The van der Waals surface area contributed by atoms with Crippen LogP contribution in [0.1, 0.15) is 87.1 Å². The Labute approximate surface area is 257 Å². The minimum absolute atomic E-state index is 0.0321. The SMILES string of the molecule is CC(C)c1cc(C(C)C)c(S(=O)(=O)NC(Cc2cccc(C#N)c2)C(=O)N2CCN(c3ccccc3)CC2)c(C(C)C)c1. The predicted molar refractivity (Wildman–Crippen MR) is 173 cm³/mol. The number of hydrogen-bond acceptors (Lipinski definition) is 5. The van der Waals surface area contributed by atoms with E-state index in [1.807, 2.05) is 64.1 Å². The van der Waals surface area contributed by atoms with Gasteiger partial charge in [-0.05, 0) is 70.7 Å². The summed E-state index contributed by atoms with van der Waals surface area (Å²) in [6, 6.07) is 22.2. The molecule has 3 aromatic rings. The Bertz CT molecular complexity index is 1540. The lowest BCUT2D eigenvalue weighted by molar-refractivity contribution is -0.133. The number of rotatable bonds is 10. The van der Waals surface area contributed by atoms with Crippen LogP contribution in [0.2, 0.25) is 0 Å². The number of amides is 1. The van der Waals surface area contributed by atoms with Crippen LogP contribution in [0.25, 0.3) is 0 Å². The molecule has 1 aliphatic rings. The normalized spacial score (nSPS) is 14.8. The van der Waals surface area contributed by atoms with Crippen LogP contribution < -0.4 is 9.62 Å². The maximum Gasteiger partial charge on any atom is 0.241 e. The average Bonchev–Trinajstić information content (AvgIpc) is 3.00. The Balaban J connectivity index is 1.70. The number of hydrogen-bond donors (Lipinski definition) is 1. The van der Waals surface area contributed by atoms with Crippen molar-refractivity contribution in [2.75, 3.05) is 31.1 Å². The summed E-state index contributed by atoms with van der Waals surface area (Å²) in [6.07, 6.45) is 0.143. The van der Waals surface area contributed by atoms with Crippen molar-refractivity contribution in [3.63, 3.8) is 0 Å². The van der Waals surface area contributed by atoms with Crippen LogP contribution in [0.3, 0.4) is 0 Å². The van der Waals surface area contributed by atoms with E-state index in [1.54, 1.807) is 23.1 Å². The van der Waals surface area contributed by atoms with Crippen molar-refractivity contribution in [1.29, 1.82) is 5.26 Å². The third-order valence-electron chi connectivity index (χ3n) is 8.15. The lowest BCUT2D eigenvalue weighted by Crippen LogP contribution is -2.55. The van der Waals surface area contributed by atoms with Crippen molar-refractivity contribution in [2.24, 2.45) is 0 Å². The summed E-state index contributed by atoms with van der Waals surface area (Å²) in [4.78, 5) is 18.4. The topological polar surface area (TPSA) is 93.5 Å². The number of carbonyl (C=O) groups is 1. The van der Waals surface area contributed by atoms with Crippen molar-refractivity contribution in [2.45, 2.75) is 76.7 Å². The Morgan fingerprint density at radius 1 is 0.837 bits per heavy atom. The number of para-hydroxylation sites is 1. The highest BCUT2D eigenvalue weighted by Crippen LogP contribution is 2.35. The molecule has 4 rings (SSSR count). The van der Waals surface area contributed by atoms with Gasteiger partial charge in [0.05, 0.1) is 16.5 Å². The summed E-state index contributed by atoms with van der Waals surface area (Å²) in [6.45, 7) is 14.5. The van der Waals surface area contributed by atoms with Crippen LogP contribution in [0.15, 0.2) is 71.6 Å². The van der Waals surface area contributed by atoms with Crippen LogP contribution in [0, 0.1) is 11.3 Å². The van der Waals surface area contributed by atoms with E-state index in [0.29, 0.717) is 31.7 Å². The van der Waals surface area contributed by atoms with Crippen LogP contribution >= 0.6 is 0 Å². The number of nitrogens with one attached hydrogen (secondary N) is 1. The number of piperazine rings is 1. The molecule has 1 N–H and O–H groups in total. The molecule has 0 aromatic heterocycles. The zero-order valence-electron chi connectivity index (χ0n) is 26.2. The quantitative estimate of drug-likeness (QED) is 0.301. The maximum atomic E-state index is 14.4. The van der Waals surface area contributed by atoms with Gasteiger partial charge in [-0.1, -0.05) is 84.0 Å². The number of anilines is 1. The standard InChI is InChI=1S/C35H44N4O3S/c1-24(2)29-21-31(25(3)4)34(32(22-29)26(5)6)43(41,42)37-33(20-27-11-10-12-28(19-27)23-36)35(40)39-17-15-38(16-18-39)30-13-8-7-9-14-30/h7-14,19,21-22,24-26,33,37H,15-18,20H2,1-6H3. The molecule has 1 saturated heterocycles. The van der Waals surface area contributed by atoms with Crippen molar-refractivity contribution < 1.29 is 13.2 Å². The molecule has 1 aliphatic heterocycles. The van der Waals surface area contributed by atoms with Gasteiger partial charge < -0.3 is 9.80 Å². The highest BCUT2D eigenvalue weighted by atomic mass is 32.2. The molecule has 43 heavy (non-hydrogen) atoms. The highest BCUT2D eigenvalue weighted by Gasteiger charge is 2.34. The lowest BCUT2D eigenvalue weighted by atomic mass is 9.89. The Kier molecular flexibility index (Phi) is 10.3. The summed E-state index contributed by atoms with van der Waals surface area (Å²) in [5.41, 5.74) is 4.92. The Morgan fingerprint density at radius 2 is 1.44 bits per heavy atom.